The summed E-state index contributed by atoms with van der Waals surface area (Å²) in [6.45, 7) is 1.73. The van der Waals surface area contributed by atoms with Crippen molar-refractivity contribution in [3.63, 3.8) is 0 Å². The van der Waals surface area contributed by atoms with Gasteiger partial charge in [0, 0.05) is 29.9 Å². The molecule has 2 heterocycles. The highest BCUT2D eigenvalue weighted by molar-refractivity contribution is 7.84. The third-order valence-electron chi connectivity index (χ3n) is 6.18. The van der Waals surface area contributed by atoms with Crippen molar-refractivity contribution >= 4 is 21.9 Å². The molecule has 0 radical (unpaired) electrons. The second-order valence-corrected chi connectivity index (χ2v) is 9.88. The number of nitrogens with two attached hydrogens (primary N) is 1. The van der Waals surface area contributed by atoms with E-state index in [4.69, 9.17) is 11.6 Å². The summed E-state index contributed by atoms with van der Waals surface area (Å²) >= 11 is 0. The van der Waals surface area contributed by atoms with Crippen LogP contribution in [0.2, 0.25) is 0 Å². The molecule has 0 spiro atoms. The van der Waals surface area contributed by atoms with Crippen molar-refractivity contribution in [1.29, 1.82) is 0 Å². The highest BCUT2D eigenvalue weighted by atomic mass is 32.2. The summed E-state index contributed by atoms with van der Waals surface area (Å²) in [5, 5.41) is 22.8. The second-order valence-electron chi connectivity index (χ2n) is 8.66. The van der Waals surface area contributed by atoms with E-state index >= 15 is 0 Å². The van der Waals surface area contributed by atoms with Crippen LogP contribution >= 0.6 is 0 Å². The first-order valence-corrected chi connectivity index (χ1v) is 12.7. The van der Waals surface area contributed by atoms with Gasteiger partial charge in [-0.15, -0.1) is 6.42 Å². The van der Waals surface area contributed by atoms with Crippen LogP contribution in [-0.4, -0.2) is 57.8 Å². The molecule has 0 amide bonds. The number of anilines is 1. The van der Waals surface area contributed by atoms with Gasteiger partial charge in [-0.1, -0.05) is 18.1 Å². The first-order valence-electron chi connectivity index (χ1n) is 11.2. The molecule has 4 atom stereocenters. The number of rotatable bonds is 9. The highest BCUT2D eigenvalue weighted by Gasteiger charge is 2.35. The zero-order valence-corrected chi connectivity index (χ0v) is 20.3. The van der Waals surface area contributed by atoms with Gasteiger partial charge in [0.2, 0.25) is 5.78 Å². The first kappa shape index (κ1) is 25.5. The lowest BCUT2D eigenvalue weighted by Crippen LogP contribution is -2.24. The lowest BCUT2D eigenvalue weighted by atomic mass is 10.1. The molecule has 2 aromatic heterocycles. The van der Waals surface area contributed by atoms with Crippen LogP contribution in [-0.2, 0) is 14.5 Å². The Kier molecular flexibility index (Phi) is 7.46. The van der Waals surface area contributed by atoms with E-state index in [1.165, 1.54) is 12.5 Å². The molecule has 0 saturated heterocycles. The van der Waals surface area contributed by atoms with Crippen LogP contribution in [0.3, 0.4) is 0 Å². The van der Waals surface area contributed by atoms with Crippen molar-refractivity contribution in [2.45, 2.75) is 38.0 Å². The van der Waals surface area contributed by atoms with Crippen LogP contribution in [0.1, 0.15) is 53.0 Å². The van der Waals surface area contributed by atoms with Crippen LogP contribution in [0.5, 0.6) is 0 Å². The maximum Gasteiger partial charge on any atom is 0.333 e. The van der Waals surface area contributed by atoms with Gasteiger partial charge in [0.15, 0.2) is 0 Å². The van der Waals surface area contributed by atoms with E-state index in [-0.39, 0.29) is 35.7 Å². The molecule has 36 heavy (non-hydrogen) atoms. The lowest BCUT2D eigenvalue weighted by molar-refractivity contribution is 0.101. The van der Waals surface area contributed by atoms with E-state index in [0.29, 0.717) is 18.7 Å². The van der Waals surface area contributed by atoms with E-state index in [9.17, 15) is 18.3 Å². The fourth-order valence-corrected chi connectivity index (χ4v) is 4.60. The van der Waals surface area contributed by atoms with Crippen molar-refractivity contribution in [3.8, 4) is 12.3 Å². The van der Waals surface area contributed by atoms with Crippen molar-refractivity contribution in [2.24, 2.45) is 11.1 Å². The van der Waals surface area contributed by atoms with Crippen molar-refractivity contribution < 1.29 is 22.5 Å². The summed E-state index contributed by atoms with van der Waals surface area (Å²) in [6, 6.07) is 8.77. The van der Waals surface area contributed by atoms with Crippen LogP contribution < -0.4 is 10.5 Å². The number of ketones is 1. The number of aliphatic hydroxyl groups excluding tert-OH is 1. The summed E-state index contributed by atoms with van der Waals surface area (Å²) in [5.74, 6) is 2.11. The zero-order chi connectivity index (χ0) is 25.9. The number of aliphatic hydroxyl groups is 1. The standard InChI is InChI=1S/C24H26N6O5S/c1-3-16-5-4-6-17(9-16)15(2)30-8-7-21(29-30)23(32)20-12-26-14-27-24(20)28-19-10-18(22(31)11-19)13-35-36(25,33)34/h1,4-9,12,14-15,18-19,22,31H,10-11,13H2,2H3,(H2,25,33,34)(H,26,27,28). The number of nitrogens with zero attached hydrogens (tertiary/aromatic N) is 4. The SMILES string of the molecule is C#Cc1cccc(C(C)n2ccc(C(=O)c3cncnc3NC3CC(O)C(COS(N)(=O)=O)C3)n2)c1. The molecule has 188 valence electrons. The van der Waals surface area contributed by atoms with Gasteiger partial charge in [0.05, 0.1) is 24.3 Å². The largest absolute Gasteiger partial charge is 0.393 e. The third-order valence-corrected chi connectivity index (χ3v) is 6.64. The monoisotopic (exact) mass is 510 g/mol. The molecule has 1 aliphatic carbocycles. The third kappa shape index (κ3) is 5.95. The number of terminal acetylenes is 1. The molecule has 1 aromatic carbocycles. The maximum atomic E-state index is 13.3. The molecule has 3 aromatic rings. The van der Waals surface area contributed by atoms with Crippen LogP contribution in [0, 0.1) is 18.3 Å². The minimum Gasteiger partial charge on any atom is -0.393 e. The Labute approximate surface area is 209 Å². The number of aromatic nitrogens is 4. The minimum atomic E-state index is -4.10. The Bertz CT molecular complexity index is 1400. The summed E-state index contributed by atoms with van der Waals surface area (Å²) in [5.41, 5.74) is 2.16. The van der Waals surface area contributed by atoms with Gasteiger partial charge in [-0.05, 0) is 43.5 Å². The number of nitrogens with one attached hydrogen (secondary N) is 1. The first-order chi connectivity index (χ1) is 17.1. The fraction of sp³-hybridized carbons (Fsp3) is 0.333. The molecule has 12 heteroatoms. The Hall–Kier alpha value is -3.63. The molecule has 1 saturated carbocycles. The normalized spacial score (nSPS) is 20.6. The molecule has 4 unspecified atom stereocenters. The topological polar surface area (TPSA) is 162 Å². The number of hydrogen-bond acceptors (Lipinski definition) is 9. The van der Waals surface area contributed by atoms with E-state index in [1.54, 1.807) is 16.9 Å². The summed E-state index contributed by atoms with van der Waals surface area (Å²) in [4.78, 5) is 21.5. The second kappa shape index (κ2) is 10.5. The van der Waals surface area contributed by atoms with E-state index < -0.39 is 22.3 Å². The quantitative estimate of drug-likeness (QED) is 0.284. The Morgan fingerprint density at radius 3 is 2.94 bits per heavy atom. The molecule has 11 nitrogen and oxygen atoms in total. The van der Waals surface area contributed by atoms with Crippen molar-refractivity contribution in [2.75, 3.05) is 11.9 Å². The van der Waals surface area contributed by atoms with Gasteiger partial charge in [-0.25, -0.2) is 15.1 Å². The maximum absolute atomic E-state index is 13.3. The number of hydrogen-bond donors (Lipinski definition) is 3. The van der Waals surface area contributed by atoms with Crippen LogP contribution in [0.25, 0.3) is 0 Å². The van der Waals surface area contributed by atoms with Crippen molar-refractivity contribution in [1.82, 2.24) is 19.7 Å². The molecule has 0 bridgehead atoms. The Morgan fingerprint density at radius 1 is 1.39 bits per heavy atom. The molecule has 4 rings (SSSR count). The Balaban J connectivity index is 1.48. The number of carbonyl (C=O) groups is 1. The summed E-state index contributed by atoms with van der Waals surface area (Å²) in [7, 11) is -4.10. The van der Waals surface area contributed by atoms with Crippen LogP contribution in [0.15, 0.2) is 49.1 Å². The average Bonchev–Trinajstić information content (AvgIpc) is 3.48. The molecular weight excluding hydrogens is 484 g/mol. The van der Waals surface area contributed by atoms with Gasteiger partial charge >= 0.3 is 10.3 Å². The van der Waals surface area contributed by atoms with Crippen molar-refractivity contribution in [3.05, 3.63) is 71.4 Å². The number of benzene rings is 1. The van der Waals surface area contributed by atoms with E-state index in [0.717, 1.165) is 11.1 Å². The minimum absolute atomic E-state index is 0.152. The predicted molar refractivity (Wildman–Crippen MR) is 131 cm³/mol. The predicted octanol–water partition coefficient (Wildman–Crippen LogP) is 1.27. The average molecular weight is 511 g/mol. The summed E-state index contributed by atoms with van der Waals surface area (Å²) in [6.07, 6.45) is 9.86. The van der Waals surface area contributed by atoms with E-state index in [2.05, 4.69) is 30.5 Å². The summed E-state index contributed by atoms with van der Waals surface area (Å²) < 4.78 is 28.4. The smallest absolute Gasteiger partial charge is 0.333 e. The number of carbonyl (C=O) groups excluding carboxylic acids is 1. The van der Waals surface area contributed by atoms with Gasteiger partial charge < -0.3 is 10.4 Å². The van der Waals surface area contributed by atoms with Gasteiger partial charge in [0.25, 0.3) is 0 Å². The molecule has 0 aliphatic heterocycles. The molecular formula is C24H26N6O5S. The highest BCUT2D eigenvalue weighted by Crippen LogP contribution is 2.30. The van der Waals surface area contributed by atoms with Gasteiger partial charge in [0.1, 0.15) is 17.8 Å². The molecule has 1 aliphatic rings. The fourth-order valence-electron chi connectivity index (χ4n) is 4.24. The molecule has 4 N–H and O–H groups in total. The molecule has 1 fully saturated rings. The van der Waals surface area contributed by atoms with E-state index in [1.807, 2.05) is 31.2 Å². The Morgan fingerprint density at radius 2 is 2.19 bits per heavy atom. The zero-order valence-electron chi connectivity index (χ0n) is 19.5. The van der Waals surface area contributed by atoms with Gasteiger partial charge in [-0.2, -0.15) is 13.5 Å². The van der Waals surface area contributed by atoms with Crippen LogP contribution in [0.4, 0.5) is 5.82 Å². The van der Waals surface area contributed by atoms with Gasteiger partial charge in [-0.3, -0.25) is 13.7 Å². The lowest BCUT2D eigenvalue weighted by Gasteiger charge is -2.15.